The van der Waals surface area contributed by atoms with E-state index in [-0.39, 0.29) is 0 Å². The van der Waals surface area contributed by atoms with Gasteiger partial charge in [-0.25, -0.2) is 4.68 Å². The molecule has 0 radical (unpaired) electrons. The molecule has 0 atom stereocenters. The number of nitrogens with zero attached hydrogens (tertiary/aromatic N) is 3. The molecule has 94 valence electrons. The van der Waals surface area contributed by atoms with Gasteiger partial charge < -0.3 is 4.57 Å². The molecule has 1 rings (SSSR count). The summed E-state index contributed by atoms with van der Waals surface area (Å²) >= 11 is 5.39. The van der Waals surface area contributed by atoms with E-state index in [4.69, 9.17) is 12.2 Å². The van der Waals surface area contributed by atoms with Gasteiger partial charge in [-0.05, 0) is 18.6 Å². The van der Waals surface area contributed by atoms with E-state index in [1.54, 1.807) is 0 Å². The Morgan fingerprint density at radius 3 is 2.53 bits per heavy atom. The van der Waals surface area contributed by atoms with E-state index in [1.807, 2.05) is 16.8 Å². The van der Waals surface area contributed by atoms with E-state index in [9.17, 15) is 0 Å². The monoisotopic (exact) mass is 251 g/mol. The van der Waals surface area contributed by atoms with Crippen molar-refractivity contribution in [2.75, 3.05) is 0 Å². The number of aromatic nitrogens is 3. The van der Waals surface area contributed by atoms with Gasteiger partial charge in [-0.1, -0.05) is 31.9 Å². The molecule has 0 saturated heterocycles. The lowest BCUT2D eigenvalue weighted by molar-refractivity contribution is 0.646. The standard InChI is InChI=1S/C13H21N3S/c1-4-7-8-9-12-14-16(11-6-3)13(17)15(12)10-5-2/h5-6H,2-4,7-11H2,1H3. The molecule has 1 heterocycles. The molecule has 0 amide bonds. The molecule has 0 spiro atoms. The summed E-state index contributed by atoms with van der Waals surface area (Å²) in [5.41, 5.74) is 0. The van der Waals surface area contributed by atoms with Crippen LogP contribution in [-0.4, -0.2) is 14.3 Å². The molecule has 0 aromatic carbocycles. The molecule has 0 fully saturated rings. The van der Waals surface area contributed by atoms with Crippen molar-refractivity contribution >= 4 is 12.2 Å². The van der Waals surface area contributed by atoms with Crippen LogP contribution in [0.15, 0.2) is 25.3 Å². The van der Waals surface area contributed by atoms with Gasteiger partial charge in [0.15, 0.2) is 4.77 Å². The Morgan fingerprint density at radius 2 is 1.94 bits per heavy atom. The maximum absolute atomic E-state index is 5.39. The van der Waals surface area contributed by atoms with Crippen LogP contribution < -0.4 is 0 Å². The lowest BCUT2D eigenvalue weighted by atomic mass is 10.2. The van der Waals surface area contributed by atoms with Gasteiger partial charge in [0.05, 0.1) is 6.54 Å². The third kappa shape index (κ3) is 3.66. The zero-order chi connectivity index (χ0) is 12.7. The highest BCUT2D eigenvalue weighted by atomic mass is 32.1. The zero-order valence-electron chi connectivity index (χ0n) is 10.6. The summed E-state index contributed by atoms with van der Waals surface area (Å²) in [6, 6.07) is 0. The SMILES string of the molecule is C=CCn1nc(CCCCC)n(CC=C)c1=S. The van der Waals surface area contributed by atoms with Crippen molar-refractivity contribution in [1.29, 1.82) is 0 Å². The number of unbranched alkanes of at least 4 members (excludes halogenated alkanes) is 2. The third-order valence-electron chi connectivity index (χ3n) is 2.62. The molecule has 17 heavy (non-hydrogen) atoms. The number of allylic oxidation sites excluding steroid dienone is 2. The van der Waals surface area contributed by atoms with Crippen LogP contribution in [0.1, 0.15) is 32.0 Å². The first-order valence-corrected chi connectivity index (χ1v) is 6.53. The van der Waals surface area contributed by atoms with Gasteiger partial charge >= 0.3 is 0 Å². The normalized spacial score (nSPS) is 10.4. The zero-order valence-corrected chi connectivity index (χ0v) is 11.4. The maximum atomic E-state index is 5.39. The molecule has 4 heteroatoms. The van der Waals surface area contributed by atoms with Gasteiger partial charge in [0.2, 0.25) is 0 Å². The molecule has 0 bridgehead atoms. The lowest BCUT2D eigenvalue weighted by Crippen LogP contribution is -2.02. The summed E-state index contributed by atoms with van der Waals surface area (Å²) in [6.45, 7) is 11.1. The fourth-order valence-corrected chi connectivity index (χ4v) is 2.05. The van der Waals surface area contributed by atoms with E-state index in [0.717, 1.165) is 30.0 Å². The minimum Gasteiger partial charge on any atom is -0.300 e. The van der Waals surface area contributed by atoms with Gasteiger partial charge in [0, 0.05) is 13.0 Å². The summed E-state index contributed by atoms with van der Waals surface area (Å²) in [6.07, 6.45) is 8.27. The molecule has 1 aromatic rings. The number of hydrogen-bond acceptors (Lipinski definition) is 2. The van der Waals surface area contributed by atoms with Gasteiger partial charge in [0.25, 0.3) is 0 Å². The third-order valence-corrected chi connectivity index (χ3v) is 3.05. The average Bonchev–Trinajstić information content (AvgIpc) is 2.60. The van der Waals surface area contributed by atoms with Crippen LogP contribution in [0, 0.1) is 4.77 Å². The van der Waals surface area contributed by atoms with Crippen LogP contribution in [0.2, 0.25) is 0 Å². The number of aryl methyl sites for hydroxylation is 1. The minimum absolute atomic E-state index is 0.670. The van der Waals surface area contributed by atoms with Crippen LogP contribution in [0.5, 0.6) is 0 Å². The molecule has 0 saturated carbocycles. The van der Waals surface area contributed by atoms with Crippen LogP contribution in [-0.2, 0) is 19.5 Å². The predicted molar refractivity (Wildman–Crippen MR) is 74.7 cm³/mol. The highest BCUT2D eigenvalue weighted by Gasteiger charge is 2.08. The van der Waals surface area contributed by atoms with Crippen LogP contribution in [0.25, 0.3) is 0 Å². The Hall–Kier alpha value is -1.16. The molecular formula is C13H21N3S. The highest BCUT2D eigenvalue weighted by Crippen LogP contribution is 2.08. The number of rotatable bonds is 8. The Kier molecular flexibility index (Phi) is 5.91. The molecule has 0 unspecified atom stereocenters. The Labute approximate surface area is 108 Å². The molecule has 1 aromatic heterocycles. The van der Waals surface area contributed by atoms with Crippen LogP contribution >= 0.6 is 12.2 Å². The van der Waals surface area contributed by atoms with Gasteiger partial charge in [0.1, 0.15) is 5.82 Å². The molecule has 0 aliphatic heterocycles. The Balaban J connectivity index is 2.92. The predicted octanol–water partition coefficient (Wildman–Crippen LogP) is 3.52. The molecule has 0 aliphatic carbocycles. The molecule has 0 N–H and O–H groups in total. The summed E-state index contributed by atoms with van der Waals surface area (Å²) in [5.74, 6) is 1.06. The van der Waals surface area contributed by atoms with E-state index < -0.39 is 0 Å². The van der Waals surface area contributed by atoms with Crippen molar-refractivity contribution in [3.05, 3.63) is 35.9 Å². The number of hydrogen-bond donors (Lipinski definition) is 0. The van der Waals surface area contributed by atoms with E-state index >= 15 is 0 Å². The van der Waals surface area contributed by atoms with Crippen molar-refractivity contribution < 1.29 is 0 Å². The first kappa shape index (κ1) is 13.9. The van der Waals surface area contributed by atoms with Crippen molar-refractivity contribution in [3.63, 3.8) is 0 Å². The van der Waals surface area contributed by atoms with Gasteiger partial charge in [-0.3, -0.25) is 0 Å². The van der Waals surface area contributed by atoms with Crippen molar-refractivity contribution in [1.82, 2.24) is 14.3 Å². The summed E-state index contributed by atoms with van der Waals surface area (Å²) in [4.78, 5) is 0. The van der Waals surface area contributed by atoms with Crippen LogP contribution in [0.3, 0.4) is 0 Å². The van der Waals surface area contributed by atoms with Gasteiger partial charge in [-0.2, -0.15) is 5.10 Å². The average molecular weight is 251 g/mol. The van der Waals surface area contributed by atoms with Gasteiger partial charge in [-0.15, -0.1) is 13.2 Å². The lowest BCUT2D eigenvalue weighted by Gasteiger charge is -2.02. The van der Waals surface area contributed by atoms with Crippen molar-refractivity contribution in [3.8, 4) is 0 Å². The fourth-order valence-electron chi connectivity index (χ4n) is 1.76. The van der Waals surface area contributed by atoms with Crippen molar-refractivity contribution in [2.45, 2.75) is 45.7 Å². The first-order valence-electron chi connectivity index (χ1n) is 6.12. The summed E-state index contributed by atoms with van der Waals surface area (Å²) < 4.78 is 4.64. The van der Waals surface area contributed by atoms with E-state index in [0.29, 0.717) is 6.54 Å². The molecule has 3 nitrogen and oxygen atoms in total. The molecule has 0 aliphatic rings. The van der Waals surface area contributed by atoms with E-state index in [2.05, 4.69) is 29.7 Å². The Morgan fingerprint density at radius 1 is 1.24 bits per heavy atom. The fraction of sp³-hybridized carbons (Fsp3) is 0.538. The second-order valence-corrected chi connectivity index (χ2v) is 4.39. The summed E-state index contributed by atoms with van der Waals surface area (Å²) in [7, 11) is 0. The summed E-state index contributed by atoms with van der Waals surface area (Å²) in [5, 5.41) is 4.55. The molecular weight excluding hydrogens is 230 g/mol. The first-order chi connectivity index (χ1) is 8.24. The quantitative estimate of drug-likeness (QED) is 0.401. The largest absolute Gasteiger partial charge is 0.300 e. The minimum atomic E-state index is 0.670. The van der Waals surface area contributed by atoms with E-state index in [1.165, 1.54) is 12.8 Å². The Bertz CT molecular complexity index is 428. The maximum Gasteiger partial charge on any atom is 0.198 e. The highest BCUT2D eigenvalue weighted by molar-refractivity contribution is 7.71. The second-order valence-electron chi connectivity index (χ2n) is 4.03. The van der Waals surface area contributed by atoms with Crippen molar-refractivity contribution in [2.24, 2.45) is 0 Å². The smallest absolute Gasteiger partial charge is 0.198 e. The topological polar surface area (TPSA) is 22.8 Å². The second kappa shape index (κ2) is 7.22. The van der Waals surface area contributed by atoms with Crippen LogP contribution in [0.4, 0.5) is 0 Å².